The molecule has 84 heavy (non-hydrogen) atoms. The summed E-state index contributed by atoms with van der Waals surface area (Å²) in [4.78, 5) is 0. The highest BCUT2D eigenvalue weighted by molar-refractivity contribution is 5.83. The molecule has 0 aliphatic rings. The third-order valence-corrected chi connectivity index (χ3v) is 15.0. The molecule has 0 unspecified atom stereocenters. The molecule has 0 atom stereocenters. The van der Waals surface area contributed by atoms with Crippen LogP contribution in [0.5, 0.6) is 0 Å². The van der Waals surface area contributed by atoms with Crippen LogP contribution in [0.3, 0.4) is 0 Å². The fourth-order valence-corrected chi connectivity index (χ4v) is 10.4. The molecule has 0 spiro atoms. The van der Waals surface area contributed by atoms with Gasteiger partial charge in [-0.3, -0.25) is 0 Å². The van der Waals surface area contributed by atoms with Gasteiger partial charge in [-0.2, -0.15) is 0 Å². The second-order valence-corrected chi connectivity index (χ2v) is 27.3. The molecular formula is C78H96N6. The molecule has 9 aromatic carbocycles. The number of anilines is 12. The predicted molar refractivity (Wildman–Crippen MR) is 370 cm³/mol. The molecule has 6 heteroatoms. The lowest BCUT2D eigenvalue weighted by atomic mass is 9.81. The molecule has 0 amide bonds. The Balaban J connectivity index is 0.000000187. The quantitative estimate of drug-likeness (QED) is 0.0733. The molecule has 0 aliphatic carbocycles. The molecule has 0 saturated heterocycles. The lowest BCUT2D eigenvalue weighted by Gasteiger charge is -2.29. The van der Waals surface area contributed by atoms with Crippen LogP contribution in [0.2, 0.25) is 0 Å². The molecular weight excluding hydrogens is 1020 g/mol. The highest BCUT2D eigenvalue weighted by atomic mass is 15.0. The minimum absolute atomic E-state index is 0.0293. The SMILES string of the molecule is CC(C)(C)c1ccc(C(C)(C)C)c(Nc2ccccc2Nc2cc(C(C)(C)C)ccc2C(C)(C)C)c1.Cc1cc(C)cc(Nc2ccccc2Nc2cc(C)cc(C)c2)c1.Cc1ccc(C)c(Nc2ccccc2Nc2cc(C)ccc2C)c1. The molecule has 9 rings (SSSR count). The van der Waals surface area contributed by atoms with Gasteiger partial charge in [-0.1, -0.05) is 180 Å². The maximum Gasteiger partial charge on any atom is 0.0623 e. The third-order valence-electron chi connectivity index (χ3n) is 15.0. The first-order valence-electron chi connectivity index (χ1n) is 29.9. The predicted octanol–water partition coefficient (Wildman–Crippen LogP) is 23.2. The van der Waals surface area contributed by atoms with E-state index in [0.717, 1.165) is 56.9 Å². The van der Waals surface area contributed by atoms with Crippen LogP contribution in [0.4, 0.5) is 68.2 Å². The van der Waals surface area contributed by atoms with Gasteiger partial charge < -0.3 is 31.9 Å². The van der Waals surface area contributed by atoms with Crippen molar-refractivity contribution in [2.24, 2.45) is 0 Å². The molecule has 438 valence electrons. The van der Waals surface area contributed by atoms with E-state index in [1.807, 2.05) is 0 Å². The van der Waals surface area contributed by atoms with Crippen molar-refractivity contribution in [3.63, 3.8) is 0 Å². The van der Waals surface area contributed by atoms with Crippen LogP contribution in [0.25, 0.3) is 0 Å². The van der Waals surface area contributed by atoms with E-state index in [1.54, 1.807) is 0 Å². The van der Waals surface area contributed by atoms with E-state index in [9.17, 15) is 0 Å². The van der Waals surface area contributed by atoms with Gasteiger partial charge in [-0.25, -0.2) is 0 Å². The van der Waals surface area contributed by atoms with Crippen LogP contribution in [-0.4, -0.2) is 0 Å². The van der Waals surface area contributed by atoms with Gasteiger partial charge in [0.25, 0.3) is 0 Å². The van der Waals surface area contributed by atoms with E-state index < -0.39 is 0 Å². The molecule has 0 saturated carbocycles. The molecule has 0 bridgehead atoms. The Morgan fingerprint density at radius 3 is 0.762 bits per heavy atom. The lowest BCUT2D eigenvalue weighted by molar-refractivity contribution is 0.578. The monoisotopic (exact) mass is 1120 g/mol. The summed E-state index contributed by atoms with van der Waals surface area (Å²) in [5, 5.41) is 21.9. The molecule has 6 nitrogen and oxygen atoms in total. The van der Waals surface area contributed by atoms with Crippen LogP contribution in [-0.2, 0) is 21.7 Å². The first-order valence-corrected chi connectivity index (χ1v) is 29.9. The molecule has 0 radical (unpaired) electrons. The smallest absolute Gasteiger partial charge is 0.0623 e. The molecule has 0 aliphatic heterocycles. The second kappa shape index (κ2) is 26.6. The number of benzene rings is 9. The average Bonchev–Trinajstić information content (AvgIpc) is 2.32. The number of aryl methyl sites for hydroxylation is 8. The summed E-state index contributed by atoms with van der Waals surface area (Å²) in [7, 11) is 0. The Bertz CT molecular complexity index is 3420. The summed E-state index contributed by atoms with van der Waals surface area (Å²) in [6.45, 7) is 44.3. The van der Waals surface area contributed by atoms with Gasteiger partial charge in [-0.05, 0) is 229 Å². The molecule has 0 fully saturated rings. The Labute approximate surface area is 506 Å². The topological polar surface area (TPSA) is 72.2 Å². The first-order chi connectivity index (χ1) is 39.4. The van der Waals surface area contributed by atoms with Gasteiger partial charge >= 0.3 is 0 Å². The largest absolute Gasteiger partial charge is 0.354 e. The molecule has 0 heterocycles. The Kier molecular flexibility index (Phi) is 20.0. The maximum absolute atomic E-state index is 3.82. The fourth-order valence-electron chi connectivity index (χ4n) is 10.4. The van der Waals surface area contributed by atoms with Crippen LogP contribution in [0, 0.1) is 55.4 Å². The van der Waals surface area contributed by atoms with E-state index in [0.29, 0.717) is 0 Å². The van der Waals surface area contributed by atoms with Crippen molar-refractivity contribution >= 4 is 68.2 Å². The maximum atomic E-state index is 3.82. The van der Waals surface area contributed by atoms with Crippen LogP contribution < -0.4 is 31.9 Å². The number of hydrogen-bond acceptors (Lipinski definition) is 6. The second-order valence-electron chi connectivity index (χ2n) is 27.3. The third kappa shape index (κ3) is 17.7. The van der Waals surface area contributed by atoms with Gasteiger partial charge in [0.15, 0.2) is 0 Å². The highest BCUT2D eigenvalue weighted by Crippen LogP contribution is 2.41. The summed E-state index contributed by atoms with van der Waals surface area (Å²) in [6, 6.07) is 65.0. The summed E-state index contributed by atoms with van der Waals surface area (Å²) in [5.74, 6) is 0. The number of para-hydroxylation sites is 6. The average molecular weight is 1120 g/mol. The van der Waals surface area contributed by atoms with Crippen molar-refractivity contribution in [3.05, 3.63) is 249 Å². The lowest BCUT2D eigenvalue weighted by Crippen LogP contribution is -2.18. The van der Waals surface area contributed by atoms with Gasteiger partial charge in [0.2, 0.25) is 0 Å². The zero-order valence-electron chi connectivity index (χ0n) is 54.3. The summed E-state index contributed by atoms with van der Waals surface area (Å²) < 4.78 is 0. The van der Waals surface area contributed by atoms with Gasteiger partial charge in [0.1, 0.15) is 0 Å². The van der Waals surface area contributed by atoms with Crippen molar-refractivity contribution in [1.82, 2.24) is 0 Å². The van der Waals surface area contributed by atoms with Crippen LogP contribution >= 0.6 is 0 Å². The van der Waals surface area contributed by atoms with Crippen LogP contribution in [0.1, 0.15) is 150 Å². The van der Waals surface area contributed by atoms with E-state index >= 15 is 0 Å². The van der Waals surface area contributed by atoms with E-state index in [4.69, 9.17) is 0 Å². The van der Waals surface area contributed by atoms with Crippen LogP contribution in [0.15, 0.2) is 182 Å². The van der Waals surface area contributed by atoms with E-state index in [1.165, 1.54) is 78.1 Å². The van der Waals surface area contributed by atoms with Crippen molar-refractivity contribution < 1.29 is 0 Å². The molecule has 9 aromatic rings. The summed E-state index contributed by atoms with van der Waals surface area (Å²) in [5.41, 5.74) is 28.8. The fraction of sp³-hybridized carbons (Fsp3) is 0.308. The zero-order valence-corrected chi connectivity index (χ0v) is 54.3. The Hall–Kier alpha value is -8.22. The highest BCUT2D eigenvalue weighted by Gasteiger charge is 2.25. The summed E-state index contributed by atoms with van der Waals surface area (Å²) in [6.07, 6.45) is 0. The number of nitrogens with one attached hydrogen (secondary N) is 6. The standard InChI is InChI=1S/C34H48N2.2C22H24N2/c1-31(2,3)23-17-19-25(33(7,8)9)29(21-23)35-27-15-13-14-16-28(27)36-30-22-24(32(4,5)6)18-20-26(30)34(10,11)12;1-15-9-16(2)12-19(11-15)23-21-7-5-6-8-22(21)24-20-13-17(3)10-18(4)14-20;1-15-9-11-17(3)21(13-15)23-19-7-5-6-8-20(19)24-22-14-16(2)10-12-18(22)4/h13-22,35-36H,1-12H3;2*5-14,23-24H,1-4H3. The minimum atomic E-state index is 0.0293. The zero-order chi connectivity index (χ0) is 61.3. The number of hydrogen-bond donors (Lipinski definition) is 6. The Morgan fingerprint density at radius 2 is 0.488 bits per heavy atom. The van der Waals surface area contributed by atoms with Crippen molar-refractivity contribution in [1.29, 1.82) is 0 Å². The summed E-state index contributed by atoms with van der Waals surface area (Å²) >= 11 is 0. The molecule has 0 aromatic heterocycles. The van der Waals surface area contributed by atoms with E-state index in [-0.39, 0.29) is 21.7 Å². The van der Waals surface area contributed by atoms with Gasteiger partial charge in [0.05, 0.1) is 34.1 Å². The normalized spacial score (nSPS) is 11.6. The number of rotatable bonds is 12. The van der Waals surface area contributed by atoms with E-state index in [2.05, 4.69) is 352 Å². The Morgan fingerprint density at radius 1 is 0.214 bits per heavy atom. The van der Waals surface area contributed by atoms with Gasteiger partial charge in [0, 0.05) is 34.1 Å². The minimum Gasteiger partial charge on any atom is -0.354 e. The van der Waals surface area contributed by atoms with Gasteiger partial charge in [-0.15, -0.1) is 0 Å². The van der Waals surface area contributed by atoms with Crippen molar-refractivity contribution in [3.8, 4) is 0 Å². The molecule has 6 N–H and O–H groups in total. The first kappa shape index (κ1) is 63.4. The van der Waals surface area contributed by atoms with Crippen molar-refractivity contribution in [2.45, 2.75) is 160 Å². The van der Waals surface area contributed by atoms with Crippen molar-refractivity contribution in [2.75, 3.05) is 31.9 Å².